The van der Waals surface area contributed by atoms with E-state index in [9.17, 15) is 4.79 Å². The number of aromatic nitrogens is 1. The molecule has 3 rings (SSSR count). The van der Waals surface area contributed by atoms with E-state index in [0.29, 0.717) is 13.0 Å². The van der Waals surface area contributed by atoms with Gasteiger partial charge in [-0.1, -0.05) is 49.2 Å². The molecule has 1 amide bonds. The zero-order valence-electron chi connectivity index (χ0n) is 14.8. The first-order chi connectivity index (χ1) is 12.3. The summed E-state index contributed by atoms with van der Waals surface area (Å²) >= 11 is 0. The number of anilines is 1. The Kier molecular flexibility index (Phi) is 6.43. The molecular weight excluding hydrogens is 310 g/mol. The van der Waals surface area contributed by atoms with Crippen LogP contribution in [0.25, 0.3) is 0 Å². The third-order valence-corrected chi connectivity index (χ3v) is 4.71. The third-order valence-electron chi connectivity index (χ3n) is 4.71. The van der Waals surface area contributed by atoms with Crippen molar-refractivity contribution in [3.05, 3.63) is 59.8 Å². The molecule has 4 heteroatoms. The number of pyridine rings is 1. The molecule has 2 heterocycles. The smallest absolute Gasteiger partial charge is 0.220 e. The number of rotatable bonds is 6. The number of hydrogen-bond donors (Lipinski definition) is 1. The van der Waals surface area contributed by atoms with Crippen LogP contribution in [0, 0.1) is 0 Å². The Balaban J connectivity index is 1.44. The van der Waals surface area contributed by atoms with Crippen LogP contribution in [0.1, 0.15) is 43.2 Å². The van der Waals surface area contributed by atoms with E-state index in [1.807, 2.05) is 24.4 Å². The van der Waals surface area contributed by atoms with Gasteiger partial charge < -0.3 is 10.2 Å². The van der Waals surface area contributed by atoms with Crippen molar-refractivity contribution in [3.63, 3.8) is 0 Å². The maximum absolute atomic E-state index is 12.0. The molecule has 1 aliphatic heterocycles. The normalized spacial score (nSPS) is 14.8. The second-order valence-electron chi connectivity index (χ2n) is 6.69. The Morgan fingerprint density at radius 1 is 0.960 bits per heavy atom. The minimum atomic E-state index is 0.0837. The van der Waals surface area contributed by atoms with Crippen molar-refractivity contribution in [2.45, 2.75) is 45.1 Å². The van der Waals surface area contributed by atoms with Crippen LogP contribution in [0.3, 0.4) is 0 Å². The molecular formula is C21H27N3O. The van der Waals surface area contributed by atoms with Crippen molar-refractivity contribution in [3.8, 4) is 0 Å². The van der Waals surface area contributed by atoms with Gasteiger partial charge in [-0.15, -0.1) is 0 Å². The van der Waals surface area contributed by atoms with Crippen LogP contribution in [-0.4, -0.2) is 24.0 Å². The maximum Gasteiger partial charge on any atom is 0.220 e. The first-order valence-electron chi connectivity index (χ1n) is 9.32. The minimum absolute atomic E-state index is 0.0837. The monoisotopic (exact) mass is 337 g/mol. The van der Waals surface area contributed by atoms with E-state index >= 15 is 0 Å². The molecule has 0 saturated carbocycles. The molecule has 1 aromatic carbocycles. The summed E-state index contributed by atoms with van der Waals surface area (Å²) in [4.78, 5) is 19.0. The lowest BCUT2D eigenvalue weighted by molar-refractivity contribution is -0.121. The summed E-state index contributed by atoms with van der Waals surface area (Å²) in [6.45, 7) is 2.74. The largest absolute Gasteiger partial charge is 0.357 e. The molecule has 1 N–H and O–H groups in total. The van der Waals surface area contributed by atoms with Gasteiger partial charge in [-0.05, 0) is 36.5 Å². The molecule has 25 heavy (non-hydrogen) atoms. The van der Waals surface area contributed by atoms with Gasteiger partial charge in [-0.25, -0.2) is 4.98 Å². The van der Waals surface area contributed by atoms with Crippen molar-refractivity contribution >= 4 is 11.7 Å². The molecule has 1 saturated heterocycles. The zero-order valence-corrected chi connectivity index (χ0v) is 14.8. The lowest BCUT2D eigenvalue weighted by atomic mass is 10.1. The standard InChI is InChI=1S/C21H27N3O/c25-21(13-11-18-8-4-3-5-9-18)23-17-19-10-12-20(22-16-19)24-14-6-1-2-7-15-24/h3-5,8-10,12,16H,1-2,6-7,11,13-15,17H2,(H,23,25). The van der Waals surface area contributed by atoms with Crippen LogP contribution in [0.4, 0.5) is 5.82 Å². The predicted molar refractivity (Wildman–Crippen MR) is 102 cm³/mol. The Morgan fingerprint density at radius 2 is 1.72 bits per heavy atom. The van der Waals surface area contributed by atoms with E-state index in [2.05, 4.69) is 39.5 Å². The molecule has 2 aromatic rings. The van der Waals surface area contributed by atoms with E-state index in [-0.39, 0.29) is 5.91 Å². The summed E-state index contributed by atoms with van der Waals surface area (Å²) in [6, 6.07) is 14.3. The van der Waals surface area contributed by atoms with Crippen LogP contribution >= 0.6 is 0 Å². The summed E-state index contributed by atoms with van der Waals surface area (Å²) in [6.07, 6.45) is 8.33. The highest BCUT2D eigenvalue weighted by Gasteiger charge is 2.11. The van der Waals surface area contributed by atoms with E-state index < -0.39 is 0 Å². The molecule has 1 fully saturated rings. The number of amides is 1. The van der Waals surface area contributed by atoms with Crippen molar-refractivity contribution in [2.24, 2.45) is 0 Å². The molecule has 0 bridgehead atoms. The van der Waals surface area contributed by atoms with Gasteiger partial charge in [-0.2, -0.15) is 0 Å². The lowest BCUT2D eigenvalue weighted by Crippen LogP contribution is -2.25. The SMILES string of the molecule is O=C(CCc1ccccc1)NCc1ccc(N2CCCCCC2)nc1. The summed E-state index contributed by atoms with van der Waals surface area (Å²) < 4.78 is 0. The Bertz CT molecular complexity index is 647. The number of nitrogens with one attached hydrogen (secondary N) is 1. The lowest BCUT2D eigenvalue weighted by Gasteiger charge is -2.21. The van der Waals surface area contributed by atoms with Crippen LogP contribution in [0.15, 0.2) is 48.7 Å². The van der Waals surface area contributed by atoms with Crippen LogP contribution in [-0.2, 0) is 17.8 Å². The molecule has 0 atom stereocenters. The van der Waals surface area contributed by atoms with Crippen LogP contribution < -0.4 is 10.2 Å². The molecule has 0 spiro atoms. The Labute approximate surface area is 150 Å². The van der Waals surface area contributed by atoms with Gasteiger partial charge >= 0.3 is 0 Å². The molecule has 0 aliphatic carbocycles. The summed E-state index contributed by atoms with van der Waals surface area (Å²) in [5.74, 6) is 1.14. The van der Waals surface area contributed by atoms with Gasteiger partial charge in [0, 0.05) is 32.3 Å². The van der Waals surface area contributed by atoms with Crippen LogP contribution in [0.5, 0.6) is 0 Å². The maximum atomic E-state index is 12.0. The van der Waals surface area contributed by atoms with E-state index in [0.717, 1.165) is 30.9 Å². The Morgan fingerprint density at radius 3 is 2.40 bits per heavy atom. The van der Waals surface area contributed by atoms with E-state index in [1.165, 1.54) is 31.2 Å². The minimum Gasteiger partial charge on any atom is -0.357 e. The molecule has 4 nitrogen and oxygen atoms in total. The highest BCUT2D eigenvalue weighted by Crippen LogP contribution is 2.17. The van der Waals surface area contributed by atoms with Crippen molar-refractivity contribution in [1.29, 1.82) is 0 Å². The number of carbonyl (C=O) groups excluding carboxylic acids is 1. The summed E-state index contributed by atoms with van der Waals surface area (Å²) in [7, 11) is 0. The second-order valence-corrected chi connectivity index (χ2v) is 6.69. The molecule has 1 aliphatic rings. The zero-order chi connectivity index (χ0) is 17.3. The van der Waals surface area contributed by atoms with Crippen molar-refractivity contribution < 1.29 is 4.79 Å². The fourth-order valence-corrected chi connectivity index (χ4v) is 3.20. The third kappa shape index (κ3) is 5.59. The Hall–Kier alpha value is -2.36. The number of carbonyl (C=O) groups is 1. The average Bonchev–Trinajstić information content (AvgIpc) is 2.95. The van der Waals surface area contributed by atoms with E-state index in [1.54, 1.807) is 0 Å². The van der Waals surface area contributed by atoms with Crippen LogP contribution in [0.2, 0.25) is 0 Å². The van der Waals surface area contributed by atoms with Gasteiger partial charge in [0.15, 0.2) is 0 Å². The first kappa shape index (κ1) is 17.5. The van der Waals surface area contributed by atoms with Gasteiger partial charge in [0.25, 0.3) is 0 Å². The number of nitrogens with zero attached hydrogens (tertiary/aromatic N) is 2. The molecule has 132 valence electrons. The fourth-order valence-electron chi connectivity index (χ4n) is 3.20. The van der Waals surface area contributed by atoms with Gasteiger partial charge in [0.2, 0.25) is 5.91 Å². The topological polar surface area (TPSA) is 45.2 Å². The second kappa shape index (κ2) is 9.21. The number of aryl methyl sites for hydroxylation is 1. The predicted octanol–water partition coefficient (Wildman–Crippen LogP) is 3.71. The van der Waals surface area contributed by atoms with Gasteiger partial charge in [0.1, 0.15) is 5.82 Å². The molecule has 0 radical (unpaired) electrons. The number of benzene rings is 1. The van der Waals surface area contributed by atoms with Crippen molar-refractivity contribution in [2.75, 3.05) is 18.0 Å². The van der Waals surface area contributed by atoms with Crippen molar-refractivity contribution in [1.82, 2.24) is 10.3 Å². The average molecular weight is 337 g/mol. The highest BCUT2D eigenvalue weighted by atomic mass is 16.1. The van der Waals surface area contributed by atoms with E-state index in [4.69, 9.17) is 0 Å². The quantitative estimate of drug-likeness (QED) is 0.874. The fraction of sp³-hybridized carbons (Fsp3) is 0.429. The molecule has 0 unspecified atom stereocenters. The van der Waals surface area contributed by atoms with Gasteiger partial charge in [0.05, 0.1) is 0 Å². The summed E-state index contributed by atoms with van der Waals surface area (Å²) in [5.41, 5.74) is 2.24. The number of hydrogen-bond acceptors (Lipinski definition) is 3. The highest BCUT2D eigenvalue weighted by molar-refractivity contribution is 5.76. The first-order valence-corrected chi connectivity index (χ1v) is 9.32. The van der Waals surface area contributed by atoms with Gasteiger partial charge in [-0.3, -0.25) is 4.79 Å². The molecule has 1 aromatic heterocycles. The summed E-state index contributed by atoms with van der Waals surface area (Å²) in [5, 5.41) is 2.99.